The predicted octanol–water partition coefficient (Wildman–Crippen LogP) is 2.37. The highest BCUT2D eigenvalue weighted by Gasteiger charge is 2.13. The second-order valence-electron chi connectivity index (χ2n) is 3.24. The molecule has 0 unspecified atom stereocenters. The quantitative estimate of drug-likeness (QED) is 0.815. The zero-order valence-corrected chi connectivity index (χ0v) is 10.1. The molecule has 5 heteroatoms. The smallest absolute Gasteiger partial charge is 0.341 e. The molecule has 0 saturated carbocycles. The van der Waals surface area contributed by atoms with Crippen LogP contribution in [0.3, 0.4) is 0 Å². The van der Waals surface area contributed by atoms with Crippen LogP contribution in [0.25, 0.3) is 10.9 Å². The fraction of sp³-hybridized carbons (Fsp3) is 0.0909. The highest BCUT2D eigenvalue weighted by Crippen LogP contribution is 2.26. The van der Waals surface area contributed by atoms with Crippen LogP contribution in [-0.2, 0) is 4.74 Å². The average molecular weight is 281 g/mol. The number of hydrogen-bond acceptors (Lipinski definition) is 4. The lowest BCUT2D eigenvalue weighted by Crippen LogP contribution is -2.06. The third kappa shape index (κ3) is 1.74. The van der Waals surface area contributed by atoms with E-state index in [1.807, 2.05) is 18.2 Å². The number of esters is 1. The fourth-order valence-electron chi connectivity index (χ4n) is 1.46. The van der Waals surface area contributed by atoms with Crippen molar-refractivity contribution in [1.82, 2.24) is 4.98 Å². The van der Waals surface area contributed by atoms with Crippen molar-refractivity contribution in [3.63, 3.8) is 0 Å². The van der Waals surface area contributed by atoms with Crippen molar-refractivity contribution in [2.75, 3.05) is 12.8 Å². The predicted molar refractivity (Wildman–Crippen MR) is 65.2 cm³/mol. The Morgan fingerprint density at radius 2 is 2.25 bits per heavy atom. The molecule has 0 aliphatic carbocycles. The number of nitrogens with two attached hydrogens (primary N) is 1. The number of fused-ring (bicyclic) bond motifs is 1. The number of hydrogen-bond donors (Lipinski definition) is 1. The van der Waals surface area contributed by atoms with Gasteiger partial charge in [-0.1, -0.05) is 15.9 Å². The van der Waals surface area contributed by atoms with Gasteiger partial charge in [0.25, 0.3) is 0 Å². The van der Waals surface area contributed by atoms with E-state index in [2.05, 4.69) is 25.7 Å². The first kappa shape index (κ1) is 10.9. The summed E-state index contributed by atoms with van der Waals surface area (Å²) in [5, 5.41) is 0.734. The molecule has 2 N–H and O–H groups in total. The van der Waals surface area contributed by atoms with E-state index >= 15 is 0 Å². The highest BCUT2D eigenvalue weighted by atomic mass is 79.9. The molecule has 2 rings (SSSR count). The minimum absolute atomic E-state index is 0.285. The molecule has 1 aromatic carbocycles. The number of pyridine rings is 1. The van der Waals surface area contributed by atoms with Crippen molar-refractivity contribution in [2.45, 2.75) is 0 Å². The summed E-state index contributed by atoms with van der Waals surface area (Å²) in [6.07, 6.45) is 1.43. The second-order valence-corrected chi connectivity index (χ2v) is 4.15. The lowest BCUT2D eigenvalue weighted by Gasteiger charge is -2.06. The summed E-state index contributed by atoms with van der Waals surface area (Å²) < 4.78 is 5.51. The van der Waals surface area contributed by atoms with Crippen molar-refractivity contribution in [3.05, 3.63) is 34.4 Å². The van der Waals surface area contributed by atoms with Gasteiger partial charge in [-0.15, -0.1) is 0 Å². The van der Waals surface area contributed by atoms with E-state index in [4.69, 9.17) is 5.73 Å². The molecular formula is C11H9BrN2O2. The molecule has 0 amide bonds. The second kappa shape index (κ2) is 4.09. The molecule has 0 saturated heterocycles. The lowest BCUT2D eigenvalue weighted by molar-refractivity contribution is 0.0601. The van der Waals surface area contributed by atoms with Crippen LogP contribution < -0.4 is 5.73 Å². The topological polar surface area (TPSA) is 65.2 Å². The molecule has 2 aromatic rings. The van der Waals surface area contributed by atoms with Gasteiger partial charge >= 0.3 is 5.97 Å². The number of nitrogen functional groups attached to an aromatic ring is 1. The first-order valence-corrected chi connectivity index (χ1v) is 5.35. The number of anilines is 1. The average Bonchev–Trinajstić information content (AvgIpc) is 2.29. The third-order valence-corrected chi connectivity index (χ3v) is 2.77. The molecule has 0 fully saturated rings. The van der Waals surface area contributed by atoms with Gasteiger partial charge in [-0.25, -0.2) is 4.79 Å². The summed E-state index contributed by atoms with van der Waals surface area (Å²) in [7, 11) is 1.31. The lowest BCUT2D eigenvalue weighted by atomic mass is 10.1. The molecule has 1 aromatic heterocycles. The van der Waals surface area contributed by atoms with Gasteiger partial charge in [0.1, 0.15) is 5.56 Å². The monoisotopic (exact) mass is 280 g/mol. The Hall–Kier alpha value is -1.62. The summed E-state index contributed by atoms with van der Waals surface area (Å²) in [6, 6.07) is 5.52. The van der Waals surface area contributed by atoms with Crippen molar-refractivity contribution in [2.24, 2.45) is 0 Å². The Balaban J connectivity index is 2.72. The van der Waals surface area contributed by atoms with E-state index in [0.29, 0.717) is 5.69 Å². The number of halogens is 1. The first-order valence-electron chi connectivity index (χ1n) is 4.55. The largest absolute Gasteiger partial charge is 0.465 e. The Morgan fingerprint density at radius 3 is 2.94 bits per heavy atom. The molecule has 16 heavy (non-hydrogen) atoms. The van der Waals surface area contributed by atoms with E-state index in [0.717, 1.165) is 15.4 Å². The minimum atomic E-state index is -0.480. The molecule has 0 bridgehead atoms. The fourth-order valence-corrected chi connectivity index (χ4v) is 1.82. The number of carbonyl (C=O) groups excluding carboxylic acids is 1. The van der Waals surface area contributed by atoms with Crippen molar-refractivity contribution in [3.8, 4) is 0 Å². The van der Waals surface area contributed by atoms with Crippen molar-refractivity contribution in [1.29, 1.82) is 0 Å². The highest BCUT2D eigenvalue weighted by molar-refractivity contribution is 9.10. The number of rotatable bonds is 1. The van der Waals surface area contributed by atoms with Crippen LogP contribution >= 0.6 is 15.9 Å². The molecule has 0 aliphatic rings. The summed E-state index contributed by atoms with van der Waals surface area (Å²) in [6.45, 7) is 0. The minimum Gasteiger partial charge on any atom is -0.465 e. The van der Waals surface area contributed by atoms with E-state index in [-0.39, 0.29) is 5.56 Å². The van der Waals surface area contributed by atoms with Gasteiger partial charge in [0.2, 0.25) is 0 Å². The van der Waals surface area contributed by atoms with Crippen molar-refractivity contribution >= 4 is 38.5 Å². The molecule has 0 radical (unpaired) electrons. The van der Waals surface area contributed by atoms with Crippen LogP contribution in [0.4, 0.5) is 5.69 Å². The normalized spacial score (nSPS) is 10.4. The maximum absolute atomic E-state index is 11.4. The number of nitrogens with zero attached hydrogens (tertiary/aromatic N) is 1. The van der Waals surface area contributed by atoms with Gasteiger partial charge in [-0.05, 0) is 18.2 Å². The van der Waals surface area contributed by atoms with Crippen LogP contribution in [-0.4, -0.2) is 18.1 Å². The van der Waals surface area contributed by atoms with Gasteiger partial charge in [-0.2, -0.15) is 0 Å². The number of aromatic nitrogens is 1. The first-order chi connectivity index (χ1) is 7.63. The summed E-state index contributed by atoms with van der Waals surface area (Å²) in [4.78, 5) is 15.6. The molecule has 0 aliphatic heterocycles. The van der Waals surface area contributed by atoms with E-state index in [9.17, 15) is 4.79 Å². The Morgan fingerprint density at radius 1 is 1.50 bits per heavy atom. The van der Waals surface area contributed by atoms with Crippen LogP contribution in [0.1, 0.15) is 10.4 Å². The number of ether oxygens (including phenoxy) is 1. The SMILES string of the molecule is COC(=O)c1cnc2ccc(Br)cc2c1N. The number of benzene rings is 1. The summed E-state index contributed by atoms with van der Waals surface area (Å²) in [5.74, 6) is -0.480. The molecule has 4 nitrogen and oxygen atoms in total. The van der Waals surface area contributed by atoms with E-state index in [1.165, 1.54) is 13.3 Å². The van der Waals surface area contributed by atoms with Crippen LogP contribution in [0.5, 0.6) is 0 Å². The van der Waals surface area contributed by atoms with Gasteiger partial charge in [-0.3, -0.25) is 4.98 Å². The molecule has 82 valence electrons. The van der Waals surface area contributed by atoms with Crippen molar-refractivity contribution < 1.29 is 9.53 Å². The maximum atomic E-state index is 11.4. The number of carbonyl (C=O) groups is 1. The zero-order chi connectivity index (χ0) is 11.7. The standard InChI is InChI=1S/C11H9BrN2O2/c1-16-11(15)8-5-14-9-3-2-6(12)4-7(9)10(8)13/h2-5H,1H3,(H2,13,14). The Kier molecular flexibility index (Phi) is 2.78. The zero-order valence-electron chi connectivity index (χ0n) is 8.53. The van der Waals surface area contributed by atoms with Gasteiger partial charge in [0, 0.05) is 16.1 Å². The van der Waals surface area contributed by atoms with Crippen LogP contribution in [0.2, 0.25) is 0 Å². The van der Waals surface area contributed by atoms with Gasteiger partial charge in [0.15, 0.2) is 0 Å². The van der Waals surface area contributed by atoms with Crippen LogP contribution in [0.15, 0.2) is 28.9 Å². The maximum Gasteiger partial charge on any atom is 0.341 e. The molecule has 0 atom stereocenters. The molecule has 0 spiro atoms. The number of methoxy groups -OCH3 is 1. The Bertz CT molecular complexity index is 569. The third-order valence-electron chi connectivity index (χ3n) is 2.28. The van der Waals surface area contributed by atoms with E-state index < -0.39 is 5.97 Å². The Labute approximate surface area is 101 Å². The van der Waals surface area contributed by atoms with Gasteiger partial charge < -0.3 is 10.5 Å². The van der Waals surface area contributed by atoms with Crippen LogP contribution in [0, 0.1) is 0 Å². The van der Waals surface area contributed by atoms with Gasteiger partial charge in [0.05, 0.1) is 18.3 Å². The molecule has 1 heterocycles. The summed E-state index contributed by atoms with van der Waals surface area (Å²) >= 11 is 3.35. The molecular weight excluding hydrogens is 272 g/mol. The summed E-state index contributed by atoms with van der Waals surface area (Å²) in [5.41, 5.74) is 7.32. The van der Waals surface area contributed by atoms with E-state index in [1.54, 1.807) is 0 Å².